The first kappa shape index (κ1) is 19.9. The molecule has 8 heteroatoms. The fraction of sp³-hybridized carbons (Fsp3) is 0.130. The molecule has 0 radical (unpaired) electrons. The number of nitrogens with two attached hydrogens (primary N) is 1. The zero-order valence-electron chi connectivity index (χ0n) is 17.1. The van der Waals surface area contributed by atoms with Gasteiger partial charge in [-0.1, -0.05) is 18.2 Å². The third kappa shape index (κ3) is 4.46. The van der Waals surface area contributed by atoms with E-state index in [4.69, 9.17) is 21.5 Å². The number of pyridine rings is 2. The van der Waals surface area contributed by atoms with E-state index in [0.29, 0.717) is 18.7 Å². The Bertz CT molecular complexity index is 1330. The topological polar surface area (TPSA) is 132 Å². The van der Waals surface area contributed by atoms with Gasteiger partial charge in [0.2, 0.25) is 0 Å². The summed E-state index contributed by atoms with van der Waals surface area (Å²) in [5.74, 6) is 6.63. The number of hydrogen-bond donors (Lipinski definition) is 4. The molecule has 4 rings (SSSR count). The Balaban J connectivity index is 1.69. The lowest BCUT2D eigenvalue weighted by atomic mass is 10.1. The van der Waals surface area contributed by atoms with E-state index in [-0.39, 0.29) is 5.49 Å². The second-order valence-corrected chi connectivity index (χ2v) is 7.17. The highest BCUT2D eigenvalue weighted by atomic mass is 15.3. The van der Waals surface area contributed by atoms with Crippen LogP contribution in [0.15, 0.2) is 60.8 Å². The van der Waals surface area contributed by atoms with Crippen LogP contribution in [0.25, 0.3) is 22.6 Å². The van der Waals surface area contributed by atoms with E-state index in [1.54, 1.807) is 12.3 Å². The van der Waals surface area contributed by atoms with Crippen LogP contribution in [-0.2, 0) is 13.0 Å². The SMILES string of the molecule is Cc1cccc(-c2[nH]c(CNc3cccc(CC#N)c3)nc2-c2ccc(=N)n(N)c2)n1. The maximum atomic E-state index is 8.91. The number of hydrogen-bond acceptors (Lipinski definition) is 6. The zero-order chi connectivity index (χ0) is 21.8. The van der Waals surface area contributed by atoms with Crippen molar-refractivity contribution in [3.63, 3.8) is 0 Å². The molecule has 0 atom stereocenters. The van der Waals surface area contributed by atoms with E-state index < -0.39 is 0 Å². The Labute approximate surface area is 179 Å². The number of benzene rings is 1. The zero-order valence-corrected chi connectivity index (χ0v) is 17.1. The fourth-order valence-corrected chi connectivity index (χ4v) is 3.31. The average Bonchev–Trinajstić information content (AvgIpc) is 3.19. The summed E-state index contributed by atoms with van der Waals surface area (Å²) >= 11 is 0. The van der Waals surface area contributed by atoms with E-state index in [1.165, 1.54) is 4.68 Å². The smallest absolute Gasteiger partial charge is 0.143 e. The number of rotatable bonds is 6. The summed E-state index contributed by atoms with van der Waals surface area (Å²) in [6.07, 6.45) is 2.05. The van der Waals surface area contributed by atoms with Crippen molar-refractivity contribution in [2.24, 2.45) is 0 Å². The molecule has 0 unspecified atom stereocenters. The van der Waals surface area contributed by atoms with Crippen LogP contribution in [0.3, 0.4) is 0 Å². The monoisotopic (exact) mass is 410 g/mol. The van der Waals surface area contributed by atoms with Crippen molar-refractivity contribution in [1.82, 2.24) is 19.6 Å². The molecule has 5 N–H and O–H groups in total. The van der Waals surface area contributed by atoms with Gasteiger partial charge in [0.1, 0.15) is 11.3 Å². The molecule has 3 heterocycles. The molecule has 154 valence electrons. The molecule has 0 amide bonds. The lowest BCUT2D eigenvalue weighted by Crippen LogP contribution is -2.25. The fourth-order valence-electron chi connectivity index (χ4n) is 3.31. The van der Waals surface area contributed by atoms with Gasteiger partial charge in [0.05, 0.1) is 36.1 Å². The van der Waals surface area contributed by atoms with Gasteiger partial charge < -0.3 is 16.1 Å². The van der Waals surface area contributed by atoms with Gasteiger partial charge in [-0.05, 0) is 48.9 Å². The Hall–Kier alpha value is -4.38. The Morgan fingerprint density at radius 2 is 2.00 bits per heavy atom. The summed E-state index contributed by atoms with van der Waals surface area (Å²) < 4.78 is 1.26. The van der Waals surface area contributed by atoms with Crippen molar-refractivity contribution in [3.8, 4) is 28.7 Å². The van der Waals surface area contributed by atoms with Crippen LogP contribution >= 0.6 is 0 Å². The molecule has 0 aliphatic carbocycles. The number of aromatic amines is 1. The van der Waals surface area contributed by atoms with Crippen molar-refractivity contribution in [3.05, 3.63) is 83.4 Å². The van der Waals surface area contributed by atoms with Gasteiger partial charge >= 0.3 is 0 Å². The van der Waals surface area contributed by atoms with Crippen molar-refractivity contribution in [2.45, 2.75) is 19.9 Å². The highest BCUT2D eigenvalue weighted by molar-refractivity contribution is 5.76. The summed E-state index contributed by atoms with van der Waals surface area (Å²) in [5, 5.41) is 20.1. The van der Waals surface area contributed by atoms with Crippen LogP contribution in [0.2, 0.25) is 0 Å². The maximum absolute atomic E-state index is 8.91. The number of H-pyrrole nitrogens is 1. The summed E-state index contributed by atoms with van der Waals surface area (Å²) in [4.78, 5) is 12.8. The summed E-state index contributed by atoms with van der Waals surface area (Å²) in [6.45, 7) is 2.41. The lowest BCUT2D eigenvalue weighted by Gasteiger charge is -2.05. The molecule has 0 fully saturated rings. The average molecular weight is 410 g/mol. The van der Waals surface area contributed by atoms with E-state index in [2.05, 4.69) is 21.4 Å². The Morgan fingerprint density at radius 1 is 1.16 bits per heavy atom. The summed E-state index contributed by atoms with van der Waals surface area (Å²) in [5.41, 5.74) is 6.05. The summed E-state index contributed by atoms with van der Waals surface area (Å²) in [7, 11) is 0. The number of aromatic nitrogens is 4. The second kappa shape index (κ2) is 8.55. The predicted octanol–water partition coefficient (Wildman–Crippen LogP) is 3.12. The maximum Gasteiger partial charge on any atom is 0.143 e. The van der Waals surface area contributed by atoms with Crippen LogP contribution in [-0.4, -0.2) is 19.6 Å². The van der Waals surface area contributed by atoms with Crippen molar-refractivity contribution in [1.29, 1.82) is 10.7 Å². The number of anilines is 1. The molecule has 0 spiro atoms. The van der Waals surface area contributed by atoms with Gasteiger partial charge in [-0.25, -0.2) is 4.98 Å². The van der Waals surface area contributed by atoms with E-state index in [1.807, 2.05) is 55.5 Å². The minimum absolute atomic E-state index is 0.202. The van der Waals surface area contributed by atoms with E-state index >= 15 is 0 Å². The highest BCUT2D eigenvalue weighted by Crippen LogP contribution is 2.29. The largest absolute Gasteiger partial charge is 0.378 e. The minimum Gasteiger partial charge on any atom is -0.378 e. The van der Waals surface area contributed by atoms with Crippen LogP contribution in [0, 0.1) is 23.7 Å². The van der Waals surface area contributed by atoms with Gasteiger partial charge in [-0.2, -0.15) is 5.26 Å². The van der Waals surface area contributed by atoms with Gasteiger partial charge in [-0.3, -0.25) is 15.1 Å². The second-order valence-electron chi connectivity index (χ2n) is 7.17. The molecule has 31 heavy (non-hydrogen) atoms. The number of nitrogens with zero attached hydrogens (tertiary/aromatic N) is 4. The molecule has 3 aromatic heterocycles. The number of nitriles is 1. The van der Waals surface area contributed by atoms with Crippen molar-refractivity contribution < 1.29 is 0 Å². The predicted molar refractivity (Wildman–Crippen MR) is 119 cm³/mol. The number of nitrogen functional groups attached to an aromatic ring is 1. The normalized spacial score (nSPS) is 10.6. The van der Waals surface area contributed by atoms with E-state index in [0.717, 1.165) is 39.7 Å². The molecule has 1 aromatic carbocycles. The Kier molecular flexibility index (Phi) is 5.49. The minimum atomic E-state index is 0.202. The molecule has 0 bridgehead atoms. The molecule has 0 aliphatic heterocycles. The molecule has 0 saturated heterocycles. The number of aryl methyl sites for hydroxylation is 1. The van der Waals surface area contributed by atoms with Gasteiger partial charge in [-0.15, -0.1) is 0 Å². The molecule has 0 saturated carbocycles. The van der Waals surface area contributed by atoms with Gasteiger partial charge in [0, 0.05) is 23.1 Å². The standard InChI is InChI=1S/C23H22N8/c1-15-4-2-7-19(28-15)23-22(17-8-9-20(25)31(26)14-17)29-21(30-23)13-27-18-6-3-5-16(12-18)10-11-24/h2-9,12,14,25,27H,10,13,26H2,1H3,(H,29,30). The van der Waals surface area contributed by atoms with Crippen LogP contribution in [0.4, 0.5) is 5.69 Å². The van der Waals surface area contributed by atoms with Gasteiger partial charge in [0.15, 0.2) is 0 Å². The first-order valence-electron chi connectivity index (χ1n) is 9.79. The quantitative estimate of drug-likeness (QED) is 0.363. The van der Waals surface area contributed by atoms with Crippen LogP contribution in [0.1, 0.15) is 17.1 Å². The number of nitrogens with one attached hydrogen (secondary N) is 3. The lowest BCUT2D eigenvalue weighted by molar-refractivity contribution is 0.881. The first-order valence-corrected chi connectivity index (χ1v) is 9.79. The van der Waals surface area contributed by atoms with E-state index in [9.17, 15) is 0 Å². The molecule has 0 aliphatic rings. The molecule has 8 nitrogen and oxygen atoms in total. The third-order valence-corrected chi connectivity index (χ3v) is 4.82. The van der Waals surface area contributed by atoms with Gasteiger partial charge in [0.25, 0.3) is 0 Å². The number of imidazole rings is 1. The first-order chi connectivity index (χ1) is 15.0. The van der Waals surface area contributed by atoms with Crippen LogP contribution in [0.5, 0.6) is 0 Å². The van der Waals surface area contributed by atoms with Crippen molar-refractivity contribution >= 4 is 5.69 Å². The summed E-state index contributed by atoms with van der Waals surface area (Å²) in [6, 6.07) is 19.2. The molecule has 4 aromatic rings. The third-order valence-electron chi connectivity index (χ3n) is 4.82. The molecular weight excluding hydrogens is 388 g/mol. The Morgan fingerprint density at radius 3 is 2.77 bits per heavy atom. The van der Waals surface area contributed by atoms with Crippen LogP contribution < -0.4 is 16.6 Å². The molecular formula is C23H22N8. The van der Waals surface area contributed by atoms with Crippen molar-refractivity contribution in [2.75, 3.05) is 11.2 Å². The highest BCUT2D eigenvalue weighted by Gasteiger charge is 2.16.